The minimum absolute atomic E-state index is 0. The Morgan fingerprint density at radius 3 is 2.56 bits per heavy atom. The first-order valence-corrected chi connectivity index (χ1v) is 11.9. The van der Waals surface area contributed by atoms with E-state index in [4.69, 9.17) is 14.6 Å². The lowest BCUT2D eigenvalue weighted by Gasteiger charge is -2.43. The second-order valence-electron chi connectivity index (χ2n) is 8.37. The highest BCUT2D eigenvalue weighted by Gasteiger charge is 2.46. The Bertz CT molecular complexity index is 1060. The summed E-state index contributed by atoms with van der Waals surface area (Å²) in [5.74, 6) is -0.443. The number of hydrogen-bond donors (Lipinski definition) is 3. The van der Waals surface area contributed by atoms with E-state index in [-0.39, 0.29) is 30.2 Å². The van der Waals surface area contributed by atoms with Crippen molar-refractivity contribution in [3.8, 4) is 5.75 Å². The van der Waals surface area contributed by atoms with Crippen molar-refractivity contribution in [3.63, 3.8) is 0 Å². The van der Waals surface area contributed by atoms with E-state index in [2.05, 4.69) is 5.32 Å². The van der Waals surface area contributed by atoms with Crippen LogP contribution in [0.1, 0.15) is 51.3 Å². The van der Waals surface area contributed by atoms with E-state index in [0.717, 1.165) is 30.2 Å². The van der Waals surface area contributed by atoms with E-state index in [1.807, 2.05) is 38.1 Å². The molecule has 0 aromatic heterocycles. The molecule has 5 rings (SSSR count). The Balaban J connectivity index is 0.000000672. The Hall–Kier alpha value is -2.42. The van der Waals surface area contributed by atoms with Crippen molar-refractivity contribution in [1.82, 2.24) is 5.32 Å². The molecule has 0 amide bonds. The third-order valence-corrected chi connectivity index (χ3v) is 7.22. The minimum Gasteiger partial charge on any atom is -0.489 e. The van der Waals surface area contributed by atoms with Gasteiger partial charge in [0.1, 0.15) is 18.0 Å². The first-order valence-electron chi connectivity index (χ1n) is 10.3. The number of aliphatic hydroxyl groups is 1. The Kier molecular flexibility index (Phi) is 8.09. The van der Waals surface area contributed by atoms with Gasteiger partial charge in [-0.25, -0.2) is 8.42 Å². The minimum atomic E-state index is -3.69. The standard InChI is InChI=1S/C21H25NO4S.C2H4O2.CH4/c1-14(2)22-20-9-6-16-11-17-7-8-19(16)21(20,23)13-27(24,25)18-5-3-4-15(10-18)12-26-17;1-2(3)4;/h3-5,7-8,10-11,14,20,22-23H,6,9,12-13H2,1-2H3;1H3,(H,3,4);1H4. The van der Waals surface area contributed by atoms with Gasteiger partial charge < -0.3 is 20.3 Å². The van der Waals surface area contributed by atoms with E-state index in [9.17, 15) is 13.5 Å². The molecule has 7 nitrogen and oxygen atoms in total. The summed E-state index contributed by atoms with van der Waals surface area (Å²) < 4.78 is 32.3. The molecule has 1 aliphatic carbocycles. The van der Waals surface area contributed by atoms with Crippen LogP contribution in [0.4, 0.5) is 0 Å². The molecule has 0 fully saturated rings. The monoisotopic (exact) mass is 463 g/mol. The second kappa shape index (κ2) is 10.0. The molecule has 2 unspecified atom stereocenters. The van der Waals surface area contributed by atoms with Gasteiger partial charge in [0.15, 0.2) is 9.84 Å². The average Bonchev–Trinajstić information content (AvgIpc) is 2.67. The number of aryl methyl sites for hydroxylation is 1. The molecule has 2 atom stereocenters. The third kappa shape index (κ3) is 5.68. The number of ether oxygens (including phenoxy) is 1. The van der Waals surface area contributed by atoms with Gasteiger partial charge in [-0.2, -0.15) is 0 Å². The van der Waals surface area contributed by atoms with Gasteiger partial charge >= 0.3 is 0 Å². The summed E-state index contributed by atoms with van der Waals surface area (Å²) in [6.45, 7) is 5.40. The molecule has 6 bridgehead atoms. The molecule has 0 spiro atoms. The topological polar surface area (TPSA) is 113 Å². The fourth-order valence-electron chi connectivity index (χ4n) is 4.19. The van der Waals surface area contributed by atoms with Crippen LogP contribution in [0, 0.1) is 0 Å². The Morgan fingerprint density at radius 2 is 1.91 bits per heavy atom. The fourth-order valence-corrected chi connectivity index (χ4v) is 5.91. The van der Waals surface area contributed by atoms with Crippen molar-refractivity contribution in [2.45, 2.75) is 70.2 Å². The van der Waals surface area contributed by atoms with Gasteiger partial charge in [-0.3, -0.25) is 4.79 Å². The number of carbonyl (C=O) groups is 1. The number of fused-ring (bicyclic) bond motifs is 3. The van der Waals surface area contributed by atoms with Gasteiger partial charge in [-0.15, -0.1) is 0 Å². The molecule has 0 saturated heterocycles. The second-order valence-corrected chi connectivity index (χ2v) is 10.4. The van der Waals surface area contributed by atoms with E-state index in [0.29, 0.717) is 18.6 Å². The zero-order chi connectivity index (χ0) is 22.8. The predicted octanol–water partition coefficient (Wildman–Crippen LogP) is 3.28. The number of nitrogens with one attached hydrogen (secondary N) is 1. The van der Waals surface area contributed by atoms with E-state index < -0.39 is 21.4 Å². The fraction of sp³-hybridized carbons (Fsp3) is 0.458. The van der Waals surface area contributed by atoms with Crippen LogP contribution < -0.4 is 10.1 Å². The summed E-state index contributed by atoms with van der Waals surface area (Å²) in [7, 11) is -3.69. The van der Waals surface area contributed by atoms with E-state index in [1.54, 1.807) is 18.2 Å². The van der Waals surface area contributed by atoms with E-state index in [1.165, 1.54) is 0 Å². The Labute approximate surface area is 190 Å². The molecular formula is C24H33NO6S. The lowest BCUT2D eigenvalue weighted by Crippen LogP contribution is -2.56. The van der Waals surface area contributed by atoms with Crippen LogP contribution in [0.5, 0.6) is 5.75 Å². The lowest BCUT2D eigenvalue weighted by molar-refractivity contribution is -0.134. The molecular weight excluding hydrogens is 430 g/mol. The highest BCUT2D eigenvalue weighted by atomic mass is 32.2. The maximum atomic E-state index is 13.2. The summed E-state index contributed by atoms with van der Waals surface area (Å²) in [4.78, 5) is 9.22. The number of carboxylic acids is 1. The van der Waals surface area contributed by atoms with Crippen molar-refractivity contribution < 1.29 is 28.2 Å². The zero-order valence-corrected chi connectivity index (χ0v) is 18.8. The highest BCUT2D eigenvalue weighted by Crippen LogP contribution is 2.40. The van der Waals surface area contributed by atoms with Crippen LogP contribution in [-0.4, -0.2) is 42.4 Å². The summed E-state index contributed by atoms with van der Waals surface area (Å²) in [5, 5.41) is 22.5. The molecule has 32 heavy (non-hydrogen) atoms. The number of hydrogen-bond acceptors (Lipinski definition) is 6. The van der Waals surface area contributed by atoms with Crippen LogP contribution >= 0.6 is 0 Å². The Morgan fingerprint density at radius 1 is 1.22 bits per heavy atom. The largest absolute Gasteiger partial charge is 0.489 e. The van der Waals surface area contributed by atoms with Crippen LogP contribution in [-0.2, 0) is 33.3 Å². The highest BCUT2D eigenvalue weighted by molar-refractivity contribution is 7.91. The first-order chi connectivity index (χ1) is 14.5. The SMILES string of the molecule is C.CC(=O)O.CC(C)NC1CCc2cc3ccc2C1(O)CS(=O)(=O)c1cccc(c1)CO3. The van der Waals surface area contributed by atoms with Crippen molar-refractivity contribution in [3.05, 3.63) is 59.2 Å². The molecule has 2 aromatic carbocycles. The summed E-state index contributed by atoms with van der Waals surface area (Å²) >= 11 is 0. The van der Waals surface area contributed by atoms with Gasteiger partial charge in [0.2, 0.25) is 0 Å². The van der Waals surface area contributed by atoms with Crippen LogP contribution in [0.2, 0.25) is 0 Å². The third-order valence-electron chi connectivity index (χ3n) is 5.43. The van der Waals surface area contributed by atoms with Crippen LogP contribution in [0.3, 0.4) is 0 Å². The summed E-state index contributed by atoms with van der Waals surface area (Å²) in [6, 6.07) is 12.2. The average molecular weight is 464 g/mol. The number of benzene rings is 2. The summed E-state index contributed by atoms with van der Waals surface area (Å²) in [5.41, 5.74) is 0.931. The van der Waals surface area contributed by atoms with Crippen LogP contribution in [0.15, 0.2) is 47.4 Å². The number of sulfone groups is 1. The molecule has 176 valence electrons. The van der Waals surface area contributed by atoms with E-state index >= 15 is 0 Å². The molecule has 8 heteroatoms. The van der Waals surface area contributed by atoms with Gasteiger partial charge in [-0.05, 0) is 53.8 Å². The van der Waals surface area contributed by atoms with Crippen LogP contribution in [0.25, 0.3) is 0 Å². The quantitative estimate of drug-likeness (QED) is 0.626. The first kappa shape index (κ1) is 25.8. The maximum absolute atomic E-state index is 13.2. The number of carboxylic acid groups (broad SMARTS) is 1. The molecule has 2 heterocycles. The number of rotatable bonds is 2. The molecule has 2 aromatic rings. The van der Waals surface area contributed by atoms with Crippen molar-refractivity contribution in [2.24, 2.45) is 0 Å². The van der Waals surface area contributed by atoms with Gasteiger partial charge in [0, 0.05) is 19.0 Å². The molecule has 3 aliphatic rings. The molecule has 0 saturated carbocycles. The van der Waals surface area contributed by atoms with Crippen molar-refractivity contribution >= 4 is 15.8 Å². The zero-order valence-electron chi connectivity index (χ0n) is 18.0. The normalized spacial score (nSPS) is 22.8. The van der Waals surface area contributed by atoms with Gasteiger partial charge in [0.25, 0.3) is 5.97 Å². The predicted molar refractivity (Wildman–Crippen MR) is 124 cm³/mol. The van der Waals surface area contributed by atoms with Gasteiger partial charge in [0.05, 0.1) is 10.6 Å². The molecule has 0 radical (unpaired) electrons. The smallest absolute Gasteiger partial charge is 0.300 e. The molecule has 3 N–H and O–H groups in total. The molecule has 2 aliphatic heterocycles. The summed E-state index contributed by atoms with van der Waals surface area (Å²) in [6.07, 6.45) is 1.44. The lowest BCUT2D eigenvalue weighted by atomic mass is 9.76. The van der Waals surface area contributed by atoms with Crippen molar-refractivity contribution in [2.75, 3.05) is 5.75 Å². The maximum Gasteiger partial charge on any atom is 0.300 e. The van der Waals surface area contributed by atoms with Gasteiger partial charge in [-0.1, -0.05) is 39.5 Å². The van der Waals surface area contributed by atoms with Crippen molar-refractivity contribution in [1.29, 1.82) is 0 Å². The number of aliphatic carboxylic acids is 1.